The molecule has 0 bridgehead atoms. The summed E-state index contributed by atoms with van der Waals surface area (Å²) in [7, 11) is -6.35. The van der Waals surface area contributed by atoms with E-state index in [1.54, 1.807) is 0 Å². The zero-order valence-corrected chi connectivity index (χ0v) is 36.0. The van der Waals surface area contributed by atoms with Crippen molar-refractivity contribution in [2.45, 2.75) is 123 Å². The molecular weight excluding hydrogens is 665 g/mol. The minimum absolute atomic E-state index is 0.0138. The third-order valence-corrected chi connectivity index (χ3v) is 24.0. The highest BCUT2D eigenvalue weighted by Gasteiger charge is 2.39. The van der Waals surface area contributed by atoms with Crippen LogP contribution in [0.3, 0.4) is 0 Å². The first-order chi connectivity index (χ1) is 21.5. The first kappa shape index (κ1) is 46.4. The van der Waals surface area contributed by atoms with E-state index in [4.69, 9.17) is 19.0 Å². The third-order valence-electron chi connectivity index (χ3n) is 10.4. The van der Waals surface area contributed by atoms with Crippen molar-refractivity contribution in [3.63, 3.8) is 0 Å². The molecule has 3 N–H and O–H groups in total. The summed E-state index contributed by atoms with van der Waals surface area (Å²) >= 11 is 0. The maximum atomic E-state index is 13.9. The fourth-order valence-electron chi connectivity index (χ4n) is 3.71. The Morgan fingerprint density at radius 1 is 0.542 bits per heavy atom. The maximum Gasteiger partial charge on any atom is 0.305 e. The molecule has 282 valence electrons. The van der Waals surface area contributed by atoms with E-state index in [1.807, 2.05) is 0 Å². The molecule has 12 nitrogen and oxygen atoms in total. The van der Waals surface area contributed by atoms with Gasteiger partial charge < -0.3 is 38.8 Å². The average molecular weight is 735 g/mol. The van der Waals surface area contributed by atoms with Crippen LogP contribution in [0.5, 0.6) is 0 Å². The van der Waals surface area contributed by atoms with Gasteiger partial charge in [0.2, 0.25) is 17.7 Å². The summed E-state index contributed by atoms with van der Waals surface area (Å²) in [6.07, 6.45) is -0.235. The standard InChI is InChI=1S/C33H70N4O8Si3/c1-31(2,3)46(10,11)43-21-18-35(17-16-30(41)42)28(39)25-37(20-23-45-48(14,15)33(7,8)9)29(40)26-36(27(38)24-34)19-22-44-47(12,13)32(4,5)6/h16-26,34H2,1-15H3,(H,41,42). The highest BCUT2D eigenvalue weighted by molar-refractivity contribution is 6.74. The predicted molar refractivity (Wildman–Crippen MR) is 200 cm³/mol. The average Bonchev–Trinajstić information content (AvgIpc) is 2.90. The van der Waals surface area contributed by atoms with Gasteiger partial charge in [-0.2, -0.15) is 0 Å². The lowest BCUT2D eigenvalue weighted by Crippen LogP contribution is -2.52. The van der Waals surface area contributed by atoms with E-state index in [0.29, 0.717) is 0 Å². The summed E-state index contributed by atoms with van der Waals surface area (Å²) < 4.78 is 18.9. The van der Waals surface area contributed by atoms with E-state index >= 15 is 0 Å². The summed E-state index contributed by atoms with van der Waals surface area (Å²) in [5, 5.41) is 9.28. The number of carbonyl (C=O) groups excluding carboxylic acids is 3. The van der Waals surface area contributed by atoms with Crippen LogP contribution < -0.4 is 5.73 Å². The number of hydrogen-bond donors (Lipinski definition) is 2. The summed E-state index contributed by atoms with van der Waals surface area (Å²) in [6.45, 7) is 32.3. The molecule has 0 atom stereocenters. The molecule has 0 saturated heterocycles. The zero-order valence-electron chi connectivity index (χ0n) is 33.0. The van der Waals surface area contributed by atoms with Crippen molar-refractivity contribution in [2.75, 3.05) is 65.6 Å². The van der Waals surface area contributed by atoms with Crippen molar-refractivity contribution in [2.24, 2.45) is 5.73 Å². The van der Waals surface area contributed by atoms with Gasteiger partial charge >= 0.3 is 5.97 Å². The van der Waals surface area contributed by atoms with Gasteiger partial charge in [0.15, 0.2) is 25.0 Å². The number of nitrogens with zero attached hydrogens (tertiary/aromatic N) is 3. The fourth-order valence-corrected chi connectivity index (χ4v) is 6.82. The van der Waals surface area contributed by atoms with Crippen molar-refractivity contribution in [1.82, 2.24) is 14.7 Å². The molecule has 48 heavy (non-hydrogen) atoms. The Kier molecular flexibility index (Phi) is 17.9. The van der Waals surface area contributed by atoms with Gasteiger partial charge in [-0.1, -0.05) is 62.3 Å². The van der Waals surface area contributed by atoms with Crippen LogP contribution in [0.15, 0.2) is 0 Å². The minimum atomic E-state index is -2.16. The molecule has 0 heterocycles. The van der Waals surface area contributed by atoms with E-state index in [0.717, 1.165) is 0 Å². The molecule has 3 amide bonds. The summed E-state index contributed by atoms with van der Waals surface area (Å²) in [5.41, 5.74) is 5.72. The first-order valence-corrected chi connectivity index (χ1v) is 25.9. The molecule has 0 spiro atoms. The van der Waals surface area contributed by atoms with Crippen LogP contribution in [0, 0.1) is 0 Å². The number of carboxylic acid groups (broad SMARTS) is 1. The van der Waals surface area contributed by atoms with Crippen molar-refractivity contribution in [3.8, 4) is 0 Å². The molecular formula is C33H70N4O8Si3. The third kappa shape index (κ3) is 15.5. The zero-order chi connectivity index (χ0) is 37.9. The summed E-state index contributed by atoms with van der Waals surface area (Å²) in [6, 6.07) is 0. The molecule has 0 aliphatic carbocycles. The maximum absolute atomic E-state index is 13.9. The van der Waals surface area contributed by atoms with E-state index in [9.17, 15) is 24.3 Å². The Labute approximate surface area is 294 Å². The van der Waals surface area contributed by atoms with Crippen LogP contribution in [-0.2, 0) is 32.5 Å². The topological polar surface area (TPSA) is 152 Å². The van der Waals surface area contributed by atoms with Crippen LogP contribution in [-0.4, -0.2) is 134 Å². The van der Waals surface area contributed by atoms with E-state index in [2.05, 4.69) is 102 Å². The molecule has 0 aromatic carbocycles. The van der Waals surface area contributed by atoms with Gasteiger partial charge in [0.05, 0.1) is 45.9 Å². The van der Waals surface area contributed by atoms with E-state index in [-0.39, 0.29) is 87.2 Å². The SMILES string of the molecule is CC(C)(C)[Si](C)(C)OCCN(CCC(=O)O)C(=O)CN(CCO[Si](C)(C)C(C)(C)C)C(=O)CN(CCO[Si](C)(C)C(C)(C)C)C(=O)CN. The second-order valence-corrected chi connectivity index (χ2v) is 31.6. The molecule has 0 fully saturated rings. The number of rotatable bonds is 20. The van der Waals surface area contributed by atoms with Gasteiger partial charge in [-0.3, -0.25) is 19.2 Å². The smallest absolute Gasteiger partial charge is 0.305 e. The Morgan fingerprint density at radius 3 is 1.12 bits per heavy atom. The molecule has 0 aromatic rings. The number of nitrogens with two attached hydrogens (primary N) is 1. The Hall–Kier alpha value is -1.63. The van der Waals surface area contributed by atoms with Crippen LogP contribution >= 0.6 is 0 Å². The Bertz CT molecular complexity index is 1070. The van der Waals surface area contributed by atoms with Gasteiger partial charge in [0.25, 0.3) is 0 Å². The Balaban J connectivity index is 6.11. The van der Waals surface area contributed by atoms with E-state index < -0.39 is 48.6 Å². The molecule has 0 radical (unpaired) electrons. The van der Waals surface area contributed by atoms with Gasteiger partial charge in [0, 0.05) is 26.2 Å². The highest BCUT2D eigenvalue weighted by atomic mass is 28.4. The lowest BCUT2D eigenvalue weighted by Gasteiger charge is -2.38. The van der Waals surface area contributed by atoms with Crippen molar-refractivity contribution < 1.29 is 37.6 Å². The van der Waals surface area contributed by atoms with Gasteiger partial charge in [-0.05, 0) is 54.4 Å². The van der Waals surface area contributed by atoms with E-state index in [1.165, 1.54) is 14.7 Å². The van der Waals surface area contributed by atoms with Crippen LogP contribution in [0.25, 0.3) is 0 Å². The lowest BCUT2D eigenvalue weighted by molar-refractivity contribution is -0.145. The molecule has 0 rings (SSSR count). The number of hydrogen-bond acceptors (Lipinski definition) is 8. The summed E-state index contributed by atoms with van der Waals surface area (Å²) in [5.74, 6) is -2.23. The number of amides is 3. The highest BCUT2D eigenvalue weighted by Crippen LogP contribution is 2.38. The van der Waals surface area contributed by atoms with Gasteiger partial charge in [-0.25, -0.2) is 0 Å². The minimum Gasteiger partial charge on any atom is -0.481 e. The van der Waals surface area contributed by atoms with Crippen LogP contribution in [0.2, 0.25) is 54.4 Å². The molecule has 0 unspecified atom stereocenters. The molecule has 0 aliphatic heterocycles. The fraction of sp³-hybridized carbons (Fsp3) is 0.879. The van der Waals surface area contributed by atoms with Crippen molar-refractivity contribution in [1.29, 1.82) is 0 Å². The van der Waals surface area contributed by atoms with Crippen molar-refractivity contribution in [3.05, 3.63) is 0 Å². The molecule has 0 aromatic heterocycles. The largest absolute Gasteiger partial charge is 0.481 e. The van der Waals surface area contributed by atoms with Gasteiger partial charge in [0.1, 0.15) is 0 Å². The van der Waals surface area contributed by atoms with Crippen molar-refractivity contribution >= 4 is 48.6 Å². The summed E-state index contributed by atoms with van der Waals surface area (Å²) in [4.78, 5) is 56.2. The number of carboxylic acids is 1. The number of aliphatic carboxylic acids is 1. The molecule has 0 aliphatic rings. The second kappa shape index (κ2) is 18.6. The van der Waals surface area contributed by atoms with Crippen LogP contribution in [0.1, 0.15) is 68.7 Å². The normalized spacial score (nSPS) is 13.3. The first-order valence-electron chi connectivity index (χ1n) is 17.2. The second-order valence-electron chi connectivity index (χ2n) is 17.2. The predicted octanol–water partition coefficient (Wildman–Crippen LogP) is 4.97. The molecule has 0 saturated carbocycles. The quantitative estimate of drug-likeness (QED) is 0.165. The van der Waals surface area contributed by atoms with Gasteiger partial charge in [-0.15, -0.1) is 0 Å². The Morgan fingerprint density at radius 2 is 0.833 bits per heavy atom. The monoisotopic (exact) mass is 734 g/mol. The van der Waals surface area contributed by atoms with Crippen LogP contribution in [0.4, 0.5) is 0 Å². The lowest BCUT2D eigenvalue weighted by atomic mass is 10.2. The number of carbonyl (C=O) groups is 4. The molecule has 15 heteroatoms.